The molecule has 0 aliphatic carbocycles. The molecule has 0 radical (unpaired) electrons. The quantitative estimate of drug-likeness (QED) is 0.481. The van der Waals surface area contributed by atoms with Gasteiger partial charge in [0, 0.05) is 28.8 Å². The van der Waals surface area contributed by atoms with Gasteiger partial charge in [0.15, 0.2) is 11.6 Å². The number of Topliss-reactive ketones (excluding diaryl/α,β-unsaturated/α-hetero) is 1. The highest BCUT2D eigenvalue weighted by Gasteiger charge is 2.18. The van der Waals surface area contributed by atoms with Crippen LogP contribution in [0.2, 0.25) is 0 Å². The molecule has 6 heteroatoms. The number of methoxy groups -OCH3 is 1. The van der Waals surface area contributed by atoms with Crippen LogP contribution in [0.25, 0.3) is 0 Å². The molecule has 6 nitrogen and oxygen atoms in total. The lowest BCUT2D eigenvalue weighted by Crippen LogP contribution is -2.09. The largest absolute Gasteiger partial charge is 0.497 e. The number of hydrogen-bond donors (Lipinski definition) is 0. The number of carbonyl (C=O) groups excluding carboxylic acids is 2. The first kappa shape index (κ1) is 15.4. The van der Waals surface area contributed by atoms with Gasteiger partial charge in [-0.05, 0) is 37.3 Å². The average molecular weight is 299 g/mol. The molecule has 0 amide bonds. The van der Waals surface area contributed by atoms with Crippen molar-refractivity contribution in [3.63, 3.8) is 0 Å². The maximum Gasteiger partial charge on any atom is 0.269 e. The lowest BCUT2D eigenvalue weighted by molar-refractivity contribution is -0.384. The van der Waals surface area contributed by atoms with Crippen LogP contribution in [0.4, 0.5) is 5.69 Å². The van der Waals surface area contributed by atoms with Gasteiger partial charge in [-0.25, -0.2) is 0 Å². The van der Waals surface area contributed by atoms with Crippen molar-refractivity contribution in [3.05, 3.63) is 69.3 Å². The van der Waals surface area contributed by atoms with E-state index in [1.165, 1.54) is 50.4 Å². The van der Waals surface area contributed by atoms with Gasteiger partial charge in [-0.15, -0.1) is 0 Å². The van der Waals surface area contributed by atoms with Crippen molar-refractivity contribution in [2.24, 2.45) is 0 Å². The number of rotatable bonds is 5. The van der Waals surface area contributed by atoms with Crippen molar-refractivity contribution in [2.45, 2.75) is 6.92 Å². The van der Waals surface area contributed by atoms with Crippen molar-refractivity contribution >= 4 is 17.3 Å². The van der Waals surface area contributed by atoms with Crippen molar-refractivity contribution in [1.82, 2.24) is 0 Å². The first-order valence-electron chi connectivity index (χ1n) is 6.42. The summed E-state index contributed by atoms with van der Waals surface area (Å²) in [5.41, 5.74) is 0.653. The molecule has 2 aromatic carbocycles. The average Bonchev–Trinajstić information content (AvgIpc) is 2.53. The number of nitro groups is 1. The van der Waals surface area contributed by atoms with Crippen LogP contribution in [0, 0.1) is 10.1 Å². The molecule has 0 atom stereocenters. The Morgan fingerprint density at radius 3 is 2.18 bits per heavy atom. The van der Waals surface area contributed by atoms with E-state index in [2.05, 4.69) is 0 Å². The topological polar surface area (TPSA) is 86.5 Å². The molecule has 112 valence electrons. The second-order valence-corrected chi connectivity index (χ2v) is 4.60. The van der Waals surface area contributed by atoms with Gasteiger partial charge in [-0.2, -0.15) is 0 Å². The van der Waals surface area contributed by atoms with E-state index in [0.29, 0.717) is 5.75 Å². The zero-order chi connectivity index (χ0) is 16.3. The third-order valence-electron chi connectivity index (χ3n) is 3.19. The molecule has 0 spiro atoms. The molecular weight excluding hydrogens is 286 g/mol. The summed E-state index contributed by atoms with van der Waals surface area (Å²) < 4.78 is 5.07. The van der Waals surface area contributed by atoms with Crippen molar-refractivity contribution in [2.75, 3.05) is 7.11 Å². The molecule has 22 heavy (non-hydrogen) atoms. The summed E-state index contributed by atoms with van der Waals surface area (Å²) in [4.78, 5) is 34.3. The number of nitro benzene ring substituents is 1. The Bertz CT molecular complexity index is 750. The van der Waals surface area contributed by atoms with Crippen LogP contribution in [-0.4, -0.2) is 23.6 Å². The van der Waals surface area contributed by atoms with E-state index >= 15 is 0 Å². The molecule has 2 rings (SSSR count). The maximum absolute atomic E-state index is 12.5. The Hall–Kier alpha value is -3.02. The monoisotopic (exact) mass is 299 g/mol. The standard InChI is InChI=1S/C16H13NO5/c1-10(18)14-8-7-13(22-2)9-15(14)16(19)11-3-5-12(6-4-11)17(20)21/h3-9H,1-2H3. The van der Waals surface area contributed by atoms with Gasteiger partial charge in [0.2, 0.25) is 0 Å². The molecule has 0 aliphatic rings. The smallest absolute Gasteiger partial charge is 0.269 e. The molecular formula is C16H13NO5. The zero-order valence-electron chi connectivity index (χ0n) is 12.0. The fourth-order valence-corrected chi connectivity index (χ4v) is 2.04. The predicted molar refractivity (Wildman–Crippen MR) is 79.5 cm³/mol. The number of benzene rings is 2. The van der Waals surface area contributed by atoms with Gasteiger partial charge >= 0.3 is 0 Å². The van der Waals surface area contributed by atoms with E-state index in [9.17, 15) is 19.7 Å². The number of ether oxygens (including phenoxy) is 1. The molecule has 0 saturated heterocycles. The fraction of sp³-hybridized carbons (Fsp3) is 0.125. The van der Waals surface area contributed by atoms with Gasteiger partial charge in [-0.3, -0.25) is 19.7 Å². The summed E-state index contributed by atoms with van der Waals surface area (Å²) in [6.07, 6.45) is 0. The number of hydrogen-bond acceptors (Lipinski definition) is 5. The van der Waals surface area contributed by atoms with Crippen LogP contribution in [0.15, 0.2) is 42.5 Å². The summed E-state index contributed by atoms with van der Waals surface area (Å²) in [5.74, 6) is -0.179. The van der Waals surface area contributed by atoms with Crippen LogP contribution in [0.1, 0.15) is 33.2 Å². The van der Waals surface area contributed by atoms with Crippen LogP contribution >= 0.6 is 0 Å². The highest BCUT2D eigenvalue weighted by molar-refractivity contribution is 6.15. The van der Waals surface area contributed by atoms with Crippen molar-refractivity contribution in [3.8, 4) is 5.75 Å². The molecule has 2 aromatic rings. The first-order valence-corrected chi connectivity index (χ1v) is 6.42. The minimum atomic E-state index is -0.541. The molecule has 0 saturated carbocycles. The Kier molecular flexibility index (Phi) is 4.31. The molecule has 0 heterocycles. The maximum atomic E-state index is 12.5. The second kappa shape index (κ2) is 6.17. The number of non-ortho nitro benzene ring substituents is 1. The Balaban J connectivity index is 2.47. The molecule has 0 aromatic heterocycles. The third-order valence-corrected chi connectivity index (χ3v) is 3.19. The summed E-state index contributed by atoms with van der Waals surface area (Å²) in [5, 5.41) is 10.6. The predicted octanol–water partition coefficient (Wildman–Crippen LogP) is 3.04. The fourth-order valence-electron chi connectivity index (χ4n) is 2.04. The van der Waals surface area contributed by atoms with Gasteiger partial charge in [-0.1, -0.05) is 0 Å². The molecule has 0 aliphatic heterocycles. The number of carbonyl (C=O) groups is 2. The summed E-state index contributed by atoms with van der Waals surface area (Å²) in [6.45, 7) is 1.37. The minimum Gasteiger partial charge on any atom is -0.497 e. The van der Waals surface area contributed by atoms with Crippen LogP contribution in [0.3, 0.4) is 0 Å². The van der Waals surface area contributed by atoms with Gasteiger partial charge in [0.05, 0.1) is 12.0 Å². The highest BCUT2D eigenvalue weighted by Crippen LogP contribution is 2.22. The summed E-state index contributed by atoms with van der Waals surface area (Å²) in [7, 11) is 1.46. The van der Waals surface area contributed by atoms with Crippen LogP contribution in [0.5, 0.6) is 5.75 Å². The minimum absolute atomic E-state index is 0.103. The van der Waals surface area contributed by atoms with Gasteiger partial charge in [0.1, 0.15) is 5.75 Å². The molecule has 0 bridgehead atoms. The zero-order valence-corrected chi connectivity index (χ0v) is 12.0. The SMILES string of the molecule is COc1ccc(C(C)=O)c(C(=O)c2ccc([N+](=O)[O-])cc2)c1. The Labute approximate surface area is 126 Å². The van der Waals surface area contributed by atoms with Crippen LogP contribution < -0.4 is 4.74 Å². The third kappa shape index (κ3) is 3.01. The molecule has 0 N–H and O–H groups in total. The second-order valence-electron chi connectivity index (χ2n) is 4.60. The first-order chi connectivity index (χ1) is 10.4. The summed E-state index contributed by atoms with van der Waals surface area (Å²) >= 11 is 0. The molecule has 0 fully saturated rings. The van der Waals surface area contributed by atoms with Gasteiger partial charge < -0.3 is 4.74 Å². The van der Waals surface area contributed by atoms with E-state index in [4.69, 9.17) is 4.74 Å². The lowest BCUT2D eigenvalue weighted by Gasteiger charge is -2.08. The van der Waals surface area contributed by atoms with Crippen LogP contribution in [-0.2, 0) is 0 Å². The van der Waals surface area contributed by atoms with E-state index < -0.39 is 4.92 Å². The normalized spacial score (nSPS) is 10.1. The van der Waals surface area contributed by atoms with Crippen molar-refractivity contribution < 1.29 is 19.2 Å². The Morgan fingerprint density at radius 1 is 1.05 bits per heavy atom. The van der Waals surface area contributed by atoms with E-state index in [1.54, 1.807) is 6.07 Å². The highest BCUT2D eigenvalue weighted by atomic mass is 16.6. The van der Waals surface area contributed by atoms with Crippen molar-refractivity contribution in [1.29, 1.82) is 0 Å². The van der Waals surface area contributed by atoms with E-state index in [1.807, 2.05) is 0 Å². The molecule has 0 unspecified atom stereocenters. The van der Waals surface area contributed by atoms with E-state index in [-0.39, 0.29) is 33.9 Å². The summed E-state index contributed by atoms with van der Waals surface area (Å²) in [6, 6.07) is 9.85. The Morgan fingerprint density at radius 2 is 1.68 bits per heavy atom. The number of nitrogens with zero attached hydrogens (tertiary/aromatic N) is 1. The lowest BCUT2D eigenvalue weighted by atomic mass is 9.96. The van der Waals surface area contributed by atoms with E-state index in [0.717, 1.165) is 0 Å². The number of ketones is 2. The van der Waals surface area contributed by atoms with Gasteiger partial charge in [0.25, 0.3) is 5.69 Å².